The van der Waals surface area contributed by atoms with Crippen LogP contribution in [0.4, 0.5) is 0 Å². The van der Waals surface area contributed by atoms with Gasteiger partial charge in [-0.05, 0) is 72.4 Å². The number of benzene rings is 3. The number of H-pyrrole nitrogens is 1. The summed E-state index contributed by atoms with van der Waals surface area (Å²) in [6, 6.07) is 26.7. The van der Waals surface area contributed by atoms with Crippen molar-refractivity contribution in [2.24, 2.45) is 0 Å². The van der Waals surface area contributed by atoms with Crippen molar-refractivity contribution in [3.63, 3.8) is 0 Å². The summed E-state index contributed by atoms with van der Waals surface area (Å²) in [5.74, 6) is -1.84. The molecule has 232 valence electrons. The Morgan fingerprint density at radius 2 is 1.37 bits per heavy atom. The highest BCUT2D eigenvalue weighted by Crippen LogP contribution is 2.52. The lowest BCUT2D eigenvalue weighted by Crippen LogP contribution is -2.44. The molecule has 2 unspecified atom stereocenters. The molecule has 0 bridgehead atoms. The van der Waals surface area contributed by atoms with Crippen LogP contribution in [0, 0.1) is 0 Å². The minimum absolute atomic E-state index is 0.127. The third-order valence-corrected chi connectivity index (χ3v) is 9.71. The first-order valence-electron chi connectivity index (χ1n) is 15.7. The first kappa shape index (κ1) is 29.9. The number of hydrogen-bond donors (Lipinski definition) is 1. The molecule has 2 aliphatic carbocycles. The molecule has 0 saturated carbocycles. The van der Waals surface area contributed by atoms with E-state index in [0.717, 1.165) is 11.1 Å². The number of rotatable bonds is 6. The van der Waals surface area contributed by atoms with Crippen molar-refractivity contribution in [3.8, 4) is 0 Å². The van der Waals surface area contributed by atoms with Crippen LogP contribution in [0.2, 0.25) is 5.02 Å². The Balaban J connectivity index is 1.46. The summed E-state index contributed by atoms with van der Waals surface area (Å²) in [5, 5.41) is 1.21. The van der Waals surface area contributed by atoms with Crippen molar-refractivity contribution >= 4 is 40.0 Å². The molecular formula is C38H33ClN2O5. The number of allylic oxidation sites excluding steroid dienone is 4. The van der Waals surface area contributed by atoms with Crippen LogP contribution >= 0.6 is 11.6 Å². The molecule has 7 nitrogen and oxygen atoms in total. The van der Waals surface area contributed by atoms with E-state index in [1.54, 1.807) is 31.2 Å². The number of esters is 1. The van der Waals surface area contributed by atoms with Gasteiger partial charge < -0.3 is 14.6 Å². The number of hydrogen-bond acceptors (Lipinski definition) is 6. The SMILES string of the molecule is CCOC(=O)CN1C2=C(C(=O)CC(c3ccccc3)C2)C(c2cc3cc(Cl)ccc3[nH]c2=O)C2=C1CC(c1ccccc1)CC2=O. The maximum atomic E-state index is 14.4. The van der Waals surface area contributed by atoms with Gasteiger partial charge in [0.15, 0.2) is 11.6 Å². The Morgan fingerprint density at radius 3 is 1.91 bits per heavy atom. The zero-order valence-electron chi connectivity index (χ0n) is 25.4. The van der Waals surface area contributed by atoms with Gasteiger partial charge in [0, 0.05) is 57.4 Å². The van der Waals surface area contributed by atoms with Gasteiger partial charge in [0.1, 0.15) is 6.54 Å². The van der Waals surface area contributed by atoms with E-state index in [9.17, 15) is 19.2 Å². The van der Waals surface area contributed by atoms with E-state index in [1.165, 1.54) is 0 Å². The second-order valence-electron chi connectivity index (χ2n) is 12.2. The van der Waals surface area contributed by atoms with Crippen LogP contribution in [0.25, 0.3) is 10.9 Å². The number of ketones is 2. The predicted octanol–water partition coefficient (Wildman–Crippen LogP) is 6.95. The Morgan fingerprint density at radius 1 is 0.804 bits per heavy atom. The van der Waals surface area contributed by atoms with E-state index >= 15 is 0 Å². The zero-order chi connectivity index (χ0) is 31.9. The maximum absolute atomic E-state index is 14.4. The molecule has 3 aromatic carbocycles. The number of halogens is 1. The standard InChI is InChI=1S/C38H33ClN2O5/c1-2-46-34(44)21-41-30-17-24(22-9-5-3-6-10-22)19-32(42)36(30)35(28-16-26-15-27(39)13-14-29(26)40-38(28)45)37-31(41)18-25(20-33(37)43)23-11-7-4-8-12-23/h3-16,24-25,35H,2,17-21H2,1H3,(H,40,45). The van der Waals surface area contributed by atoms with Gasteiger partial charge in [0.2, 0.25) is 0 Å². The number of aromatic nitrogens is 1. The molecule has 0 spiro atoms. The van der Waals surface area contributed by atoms with Crippen LogP contribution in [0.3, 0.4) is 0 Å². The molecule has 2 atom stereocenters. The molecule has 7 rings (SSSR count). The van der Waals surface area contributed by atoms with Gasteiger partial charge in [-0.2, -0.15) is 0 Å². The summed E-state index contributed by atoms with van der Waals surface area (Å²) in [6.07, 6.45) is 1.40. The van der Waals surface area contributed by atoms with Gasteiger partial charge in [-0.1, -0.05) is 72.3 Å². The first-order valence-corrected chi connectivity index (χ1v) is 16.1. The van der Waals surface area contributed by atoms with Crippen molar-refractivity contribution in [1.82, 2.24) is 9.88 Å². The number of aromatic amines is 1. The second-order valence-corrected chi connectivity index (χ2v) is 12.6. The van der Waals surface area contributed by atoms with E-state index in [0.29, 0.717) is 56.9 Å². The molecule has 8 heteroatoms. The van der Waals surface area contributed by atoms with Crippen molar-refractivity contribution in [2.45, 2.75) is 50.4 Å². The number of nitrogens with zero attached hydrogens (tertiary/aromatic N) is 1. The molecule has 0 radical (unpaired) electrons. The molecular weight excluding hydrogens is 600 g/mol. The summed E-state index contributed by atoms with van der Waals surface area (Å²) in [7, 11) is 0. The van der Waals surface area contributed by atoms with Crippen LogP contribution in [-0.2, 0) is 19.1 Å². The molecule has 4 aromatic rings. The summed E-state index contributed by atoms with van der Waals surface area (Å²) < 4.78 is 5.41. The second kappa shape index (κ2) is 12.2. The number of carbonyl (C=O) groups excluding carboxylic acids is 3. The topological polar surface area (TPSA) is 96.5 Å². The lowest BCUT2D eigenvalue weighted by atomic mass is 9.67. The minimum atomic E-state index is -0.871. The Bertz CT molecular complexity index is 1910. The average Bonchev–Trinajstić information content (AvgIpc) is 3.06. The van der Waals surface area contributed by atoms with Crippen LogP contribution in [0.15, 0.2) is 112 Å². The van der Waals surface area contributed by atoms with E-state index < -0.39 is 11.9 Å². The van der Waals surface area contributed by atoms with Crippen molar-refractivity contribution < 1.29 is 19.1 Å². The van der Waals surface area contributed by atoms with Gasteiger partial charge in [-0.3, -0.25) is 19.2 Å². The molecule has 3 aliphatic rings. The first-order chi connectivity index (χ1) is 22.3. The van der Waals surface area contributed by atoms with E-state index in [4.69, 9.17) is 16.3 Å². The molecule has 0 fully saturated rings. The smallest absolute Gasteiger partial charge is 0.325 e. The van der Waals surface area contributed by atoms with Crippen LogP contribution < -0.4 is 5.56 Å². The van der Waals surface area contributed by atoms with Crippen molar-refractivity contribution in [1.29, 1.82) is 0 Å². The summed E-state index contributed by atoms with van der Waals surface area (Å²) in [6.45, 7) is 1.83. The number of Topliss-reactive ketones (excluding diaryl/α,β-unsaturated/α-hetero) is 2. The van der Waals surface area contributed by atoms with Crippen molar-refractivity contribution in [2.75, 3.05) is 13.2 Å². The third-order valence-electron chi connectivity index (χ3n) is 9.48. The fourth-order valence-corrected chi connectivity index (χ4v) is 7.64. The lowest BCUT2D eigenvalue weighted by Gasteiger charge is -2.46. The number of pyridine rings is 1. The highest BCUT2D eigenvalue weighted by molar-refractivity contribution is 6.31. The highest BCUT2D eigenvalue weighted by Gasteiger charge is 2.48. The van der Waals surface area contributed by atoms with E-state index in [-0.39, 0.29) is 55.0 Å². The Labute approximate surface area is 271 Å². The quantitative estimate of drug-likeness (QED) is 0.231. The van der Waals surface area contributed by atoms with Crippen LogP contribution in [-0.4, -0.2) is 40.6 Å². The predicted molar refractivity (Wildman–Crippen MR) is 177 cm³/mol. The molecule has 1 N–H and O–H groups in total. The summed E-state index contributed by atoms with van der Waals surface area (Å²) in [5.41, 5.74) is 4.78. The van der Waals surface area contributed by atoms with Crippen LogP contribution in [0.5, 0.6) is 0 Å². The molecule has 0 amide bonds. The van der Waals surface area contributed by atoms with E-state index in [1.807, 2.05) is 65.6 Å². The molecule has 1 aromatic heterocycles. The number of nitrogens with one attached hydrogen (secondary N) is 1. The monoisotopic (exact) mass is 632 g/mol. The van der Waals surface area contributed by atoms with Gasteiger partial charge in [0.25, 0.3) is 5.56 Å². The van der Waals surface area contributed by atoms with Gasteiger partial charge in [-0.25, -0.2) is 0 Å². The Hall–Kier alpha value is -4.75. The molecule has 2 heterocycles. The van der Waals surface area contributed by atoms with Crippen molar-refractivity contribution in [3.05, 3.63) is 140 Å². The largest absolute Gasteiger partial charge is 0.465 e. The summed E-state index contributed by atoms with van der Waals surface area (Å²) >= 11 is 6.34. The number of fused-ring (bicyclic) bond motifs is 1. The number of carbonyl (C=O) groups is 3. The van der Waals surface area contributed by atoms with Gasteiger partial charge in [-0.15, -0.1) is 0 Å². The van der Waals surface area contributed by atoms with E-state index in [2.05, 4.69) is 4.98 Å². The van der Waals surface area contributed by atoms with Crippen LogP contribution in [0.1, 0.15) is 67.1 Å². The molecule has 46 heavy (non-hydrogen) atoms. The molecule has 0 saturated heterocycles. The Kier molecular flexibility index (Phi) is 7.95. The maximum Gasteiger partial charge on any atom is 0.325 e. The normalized spacial score (nSPS) is 21.3. The summed E-state index contributed by atoms with van der Waals surface area (Å²) in [4.78, 5) is 60.6. The highest BCUT2D eigenvalue weighted by atomic mass is 35.5. The van der Waals surface area contributed by atoms with Gasteiger partial charge >= 0.3 is 5.97 Å². The third kappa shape index (κ3) is 5.39. The fourth-order valence-electron chi connectivity index (χ4n) is 7.46. The van der Waals surface area contributed by atoms with Gasteiger partial charge in [0.05, 0.1) is 6.61 Å². The average molecular weight is 633 g/mol. The fraction of sp³-hybridized carbons (Fsp3) is 0.263. The lowest BCUT2D eigenvalue weighted by molar-refractivity contribution is -0.144. The number of ether oxygens (including phenoxy) is 1. The molecule has 1 aliphatic heterocycles. The minimum Gasteiger partial charge on any atom is -0.465 e. The zero-order valence-corrected chi connectivity index (χ0v) is 26.2.